The Morgan fingerprint density at radius 2 is 1.81 bits per heavy atom. The molecule has 0 bridgehead atoms. The van der Waals surface area contributed by atoms with Crippen molar-refractivity contribution >= 4 is 11.3 Å². The molecule has 0 fully saturated rings. The molecular formula is C15H15F3O2S. The smallest absolute Gasteiger partial charge is 0.416 e. The van der Waals surface area contributed by atoms with Crippen LogP contribution in [0.15, 0.2) is 36.4 Å². The summed E-state index contributed by atoms with van der Waals surface area (Å²) in [6.45, 7) is 2.13. The molecule has 1 heterocycles. The quantitative estimate of drug-likeness (QED) is 0.894. The SMILES string of the molecule is Cc1ccc(C(CO)COc2ccc(C(F)(F)F)cc2)s1. The van der Waals surface area contributed by atoms with Crippen LogP contribution in [0.25, 0.3) is 0 Å². The number of rotatable bonds is 5. The molecule has 114 valence electrons. The van der Waals surface area contributed by atoms with Crippen molar-refractivity contribution in [3.63, 3.8) is 0 Å². The first kappa shape index (κ1) is 15.9. The third-order valence-electron chi connectivity index (χ3n) is 3.02. The molecule has 1 aromatic heterocycles. The van der Waals surface area contributed by atoms with E-state index in [9.17, 15) is 18.3 Å². The number of aryl methyl sites for hydroxylation is 1. The lowest BCUT2D eigenvalue weighted by Crippen LogP contribution is -2.13. The molecule has 0 amide bonds. The first-order valence-electron chi connectivity index (χ1n) is 6.37. The second kappa shape index (κ2) is 6.49. The first-order valence-corrected chi connectivity index (χ1v) is 7.19. The van der Waals surface area contributed by atoms with Crippen molar-refractivity contribution in [2.24, 2.45) is 0 Å². The lowest BCUT2D eigenvalue weighted by molar-refractivity contribution is -0.137. The molecule has 2 rings (SSSR count). The summed E-state index contributed by atoms with van der Waals surface area (Å²) in [6, 6.07) is 8.43. The molecule has 0 aliphatic carbocycles. The van der Waals surface area contributed by atoms with Crippen LogP contribution in [0.1, 0.15) is 21.2 Å². The van der Waals surface area contributed by atoms with Gasteiger partial charge in [0.15, 0.2) is 0 Å². The standard InChI is InChI=1S/C15H15F3O2S/c1-10-2-7-14(21-10)11(8-19)9-20-13-5-3-12(4-6-13)15(16,17)18/h2-7,11,19H,8-9H2,1H3. The van der Waals surface area contributed by atoms with Gasteiger partial charge in [-0.1, -0.05) is 0 Å². The highest BCUT2D eigenvalue weighted by Gasteiger charge is 2.30. The minimum atomic E-state index is -4.35. The zero-order valence-electron chi connectivity index (χ0n) is 11.4. The van der Waals surface area contributed by atoms with Crippen LogP contribution < -0.4 is 4.74 Å². The molecule has 1 aromatic carbocycles. The van der Waals surface area contributed by atoms with Gasteiger partial charge in [0.05, 0.1) is 24.7 Å². The number of thiophene rings is 1. The highest BCUT2D eigenvalue weighted by Crippen LogP contribution is 2.31. The molecule has 0 saturated heterocycles. The molecule has 2 aromatic rings. The van der Waals surface area contributed by atoms with Crippen LogP contribution >= 0.6 is 11.3 Å². The van der Waals surface area contributed by atoms with Gasteiger partial charge in [0.2, 0.25) is 0 Å². The maximum absolute atomic E-state index is 12.4. The summed E-state index contributed by atoms with van der Waals surface area (Å²) >= 11 is 1.57. The summed E-state index contributed by atoms with van der Waals surface area (Å²) in [5, 5.41) is 9.40. The Balaban J connectivity index is 1.98. The van der Waals surface area contributed by atoms with E-state index in [1.54, 1.807) is 11.3 Å². The molecule has 0 aliphatic heterocycles. The van der Waals surface area contributed by atoms with Gasteiger partial charge < -0.3 is 9.84 Å². The van der Waals surface area contributed by atoms with Gasteiger partial charge in [0.25, 0.3) is 0 Å². The summed E-state index contributed by atoms with van der Waals surface area (Å²) in [4.78, 5) is 2.14. The molecule has 2 nitrogen and oxygen atoms in total. The normalized spacial score (nSPS) is 13.2. The number of ether oxygens (including phenoxy) is 1. The molecule has 1 unspecified atom stereocenters. The van der Waals surface area contributed by atoms with Crippen molar-refractivity contribution in [1.82, 2.24) is 0 Å². The summed E-state index contributed by atoms with van der Waals surface area (Å²) < 4.78 is 42.8. The van der Waals surface area contributed by atoms with Gasteiger partial charge in [0.1, 0.15) is 5.75 Å². The zero-order chi connectivity index (χ0) is 15.5. The summed E-state index contributed by atoms with van der Waals surface area (Å²) in [6.07, 6.45) is -4.35. The highest BCUT2D eigenvalue weighted by atomic mass is 32.1. The Morgan fingerprint density at radius 3 is 2.29 bits per heavy atom. The van der Waals surface area contributed by atoms with E-state index in [4.69, 9.17) is 4.74 Å². The predicted molar refractivity (Wildman–Crippen MR) is 75.8 cm³/mol. The Bertz CT molecular complexity index is 575. The van der Waals surface area contributed by atoms with Crippen LogP contribution in [0.4, 0.5) is 13.2 Å². The molecule has 0 radical (unpaired) electrons. The van der Waals surface area contributed by atoms with E-state index in [1.807, 2.05) is 19.1 Å². The molecule has 1 N–H and O–H groups in total. The number of hydrogen-bond acceptors (Lipinski definition) is 3. The van der Waals surface area contributed by atoms with Gasteiger partial charge >= 0.3 is 6.18 Å². The van der Waals surface area contributed by atoms with E-state index in [1.165, 1.54) is 12.1 Å². The van der Waals surface area contributed by atoms with Crippen LogP contribution in [0.2, 0.25) is 0 Å². The second-order valence-corrected chi connectivity index (χ2v) is 5.98. The van der Waals surface area contributed by atoms with Gasteiger partial charge in [-0.05, 0) is 43.3 Å². The minimum Gasteiger partial charge on any atom is -0.493 e. The first-order chi connectivity index (χ1) is 9.90. The van der Waals surface area contributed by atoms with Crippen LogP contribution in [0, 0.1) is 6.92 Å². The molecule has 0 spiro atoms. The average molecular weight is 316 g/mol. The fourth-order valence-corrected chi connectivity index (χ4v) is 2.79. The number of alkyl halides is 3. The molecule has 0 saturated carbocycles. The van der Waals surface area contributed by atoms with Crippen LogP contribution in [0.3, 0.4) is 0 Å². The second-order valence-electron chi connectivity index (χ2n) is 4.66. The van der Waals surface area contributed by atoms with Crippen LogP contribution in [-0.2, 0) is 6.18 Å². The monoisotopic (exact) mass is 316 g/mol. The zero-order valence-corrected chi connectivity index (χ0v) is 12.2. The lowest BCUT2D eigenvalue weighted by Gasteiger charge is -2.14. The van der Waals surface area contributed by atoms with E-state index < -0.39 is 11.7 Å². The summed E-state index contributed by atoms with van der Waals surface area (Å²) in [5.41, 5.74) is -0.706. The van der Waals surface area contributed by atoms with Gasteiger partial charge in [-0.2, -0.15) is 13.2 Å². The third kappa shape index (κ3) is 4.22. The molecule has 6 heteroatoms. The van der Waals surface area contributed by atoms with Crippen LogP contribution in [-0.4, -0.2) is 18.3 Å². The maximum atomic E-state index is 12.4. The van der Waals surface area contributed by atoms with E-state index in [2.05, 4.69) is 0 Å². The molecule has 0 aliphatic rings. The maximum Gasteiger partial charge on any atom is 0.416 e. The summed E-state index contributed by atoms with van der Waals surface area (Å²) in [7, 11) is 0. The minimum absolute atomic E-state index is 0.0689. The Hall–Kier alpha value is -1.53. The van der Waals surface area contributed by atoms with Crippen molar-refractivity contribution in [1.29, 1.82) is 0 Å². The van der Waals surface area contributed by atoms with Crippen molar-refractivity contribution in [3.8, 4) is 5.75 Å². The van der Waals surface area contributed by atoms with Gasteiger partial charge in [0, 0.05) is 9.75 Å². The van der Waals surface area contributed by atoms with Gasteiger partial charge in [-0.3, -0.25) is 0 Å². The van der Waals surface area contributed by atoms with Crippen LogP contribution in [0.5, 0.6) is 5.75 Å². The van der Waals surface area contributed by atoms with Crippen molar-refractivity contribution in [2.75, 3.05) is 13.2 Å². The van der Waals surface area contributed by atoms with Crippen molar-refractivity contribution in [2.45, 2.75) is 19.0 Å². The van der Waals surface area contributed by atoms with E-state index >= 15 is 0 Å². The Kier molecular flexibility index (Phi) is 4.90. The van der Waals surface area contributed by atoms with Gasteiger partial charge in [-0.15, -0.1) is 11.3 Å². The van der Waals surface area contributed by atoms with E-state index in [-0.39, 0.29) is 19.1 Å². The fraction of sp³-hybridized carbons (Fsp3) is 0.333. The Morgan fingerprint density at radius 1 is 1.14 bits per heavy atom. The Labute approximate surface area is 124 Å². The van der Waals surface area contributed by atoms with E-state index in [0.29, 0.717) is 5.75 Å². The van der Waals surface area contributed by atoms with E-state index in [0.717, 1.165) is 21.9 Å². The number of halogens is 3. The summed E-state index contributed by atoms with van der Waals surface area (Å²) in [5.74, 6) is 0.181. The predicted octanol–water partition coefficient (Wildman–Crippen LogP) is 4.23. The topological polar surface area (TPSA) is 29.5 Å². The fourth-order valence-electron chi connectivity index (χ4n) is 1.83. The third-order valence-corrected chi connectivity index (χ3v) is 4.18. The molecule has 21 heavy (non-hydrogen) atoms. The number of aliphatic hydroxyl groups is 1. The highest BCUT2D eigenvalue weighted by molar-refractivity contribution is 7.12. The lowest BCUT2D eigenvalue weighted by atomic mass is 10.1. The average Bonchev–Trinajstić information content (AvgIpc) is 2.86. The van der Waals surface area contributed by atoms with Gasteiger partial charge in [-0.25, -0.2) is 0 Å². The number of benzene rings is 1. The number of hydrogen-bond donors (Lipinski definition) is 1. The van der Waals surface area contributed by atoms with Crippen molar-refractivity contribution < 1.29 is 23.0 Å². The largest absolute Gasteiger partial charge is 0.493 e. The molecule has 1 atom stereocenters. The van der Waals surface area contributed by atoms with Crippen molar-refractivity contribution in [3.05, 3.63) is 51.7 Å². The molecular weight excluding hydrogens is 301 g/mol. The number of aliphatic hydroxyl groups excluding tert-OH is 1.